The Kier molecular flexibility index (Phi) is 6.94. The van der Waals surface area contributed by atoms with Crippen LogP contribution in [-0.2, 0) is 11.2 Å². The monoisotopic (exact) mass is 407 g/mol. The van der Waals surface area contributed by atoms with Gasteiger partial charge in [0.05, 0.1) is 11.5 Å². The number of aryl methyl sites for hydroxylation is 1. The van der Waals surface area contributed by atoms with Crippen molar-refractivity contribution in [3.05, 3.63) is 88.0 Å². The largest absolute Gasteiger partial charge is 0.448 e. The van der Waals surface area contributed by atoms with Gasteiger partial charge in [0.15, 0.2) is 0 Å². The van der Waals surface area contributed by atoms with Gasteiger partial charge in [-0.3, -0.25) is 20.3 Å². The van der Waals surface area contributed by atoms with Gasteiger partial charge in [-0.25, -0.2) is 10.2 Å². The van der Waals surface area contributed by atoms with Gasteiger partial charge in [0, 0.05) is 17.7 Å². The molecule has 3 aromatic carbocycles. The molecule has 0 heterocycles. The Morgan fingerprint density at radius 1 is 0.900 bits per heavy atom. The maximum absolute atomic E-state index is 12.3. The lowest BCUT2D eigenvalue weighted by Crippen LogP contribution is -2.42. The molecule has 0 bridgehead atoms. The lowest BCUT2D eigenvalue weighted by atomic mass is 10.0. The van der Waals surface area contributed by atoms with Gasteiger partial charge in [-0.05, 0) is 41.7 Å². The first-order chi connectivity index (χ1) is 14.5. The van der Waals surface area contributed by atoms with Crippen LogP contribution in [0.15, 0.2) is 66.7 Å². The van der Waals surface area contributed by atoms with Gasteiger partial charge in [-0.1, -0.05) is 48.5 Å². The van der Waals surface area contributed by atoms with Crippen LogP contribution in [0.2, 0.25) is 0 Å². The van der Waals surface area contributed by atoms with Crippen molar-refractivity contribution in [2.45, 2.75) is 19.3 Å². The van der Waals surface area contributed by atoms with Crippen LogP contribution in [0, 0.1) is 10.1 Å². The van der Waals surface area contributed by atoms with Crippen molar-refractivity contribution in [1.82, 2.24) is 10.9 Å². The van der Waals surface area contributed by atoms with Crippen LogP contribution < -0.4 is 10.9 Å². The lowest BCUT2D eigenvalue weighted by Gasteiger charge is -2.10. The van der Waals surface area contributed by atoms with Gasteiger partial charge >= 0.3 is 6.09 Å². The molecule has 8 heteroatoms. The number of nitrogens with one attached hydrogen (secondary N) is 2. The smallest absolute Gasteiger partial charge is 0.426 e. The van der Waals surface area contributed by atoms with Crippen molar-refractivity contribution in [3.63, 3.8) is 0 Å². The predicted octanol–water partition coefficient (Wildman–Crippen LogP) is 4.14. The number of carbonyl (C=O) groups is 2. The summed E-state index contributed by atoms with van der Waals surface area (Å²) in [7, 11) is 0. The number of nitro groups is 1. The molecule has 0 aromatic heterocycles. The summed E-state index contributed by atoms with van der Waals surface area (Å²) in [6.07, 6.45) is 1.37. The molecular formula is C22H21N3O5. The average Bonchev–Trinajstić information content (AvgIpc) is 2.77. The number of hydrazine groups is 1. The second-order valence-corrected chi connectivity index (χ2v) is 6.62. The maximum atomic E-state index is 12.3. The number of hydrogen-bond donors (Lipinski definition) is 2. The molecule has 0 aliphatic heterocycles. The molecule has 154 valence electrons. The van der Waals surface area contributed by atoms with Gasteiger partial charge in [-0.2, -0.15) is 0 Å². The molecule has 0 saturated heterocycles. The third-order valence-corrected chi connectivity index (χ3v) is 4.55. The summed E-state index contributed by atoms with van der Waals surface area (Å²) in [5.41, 5.74) is 6.09. The van der Waals surface area contributed by atoms with Crippen LogP contribution in [0.25, 0.3) is 10.8 Å². The van der Waals surface area contributed by atoms with Gasteiger partial charge < -0.3 is 4.74 Å². The molecule has 0 fully saturated rings. The first-order valence-corrected chi connectivity index (χ1v) is 9.49. The minimum absolute atomic E-state index is 0.0595. The fourth-order valence-corrected chi connectivity index (χ4v) is 3.02. The molecule has 0 saturated carbocycles. The third-order valence-electron chi connectivity index (χ3n) is 4.55. The Morgan fingerprint density at radius 3 is 2.40 bits per heavy atom. The molecule has 3 rings (SSSR count). The third kappa shape index (κ3) is 5.54. The van der Waals surface area contributed by atoms with E-state index in [1.54, 1.807) is 24.3 Å². The van der Waals surface area contributed by atoms with Gasteiger partial charge in [0.25, 0.3) is 11.6 Å². The summed E-state index contributed by atoms with van der Waals surface area (Å²) < 4.78 is 5.05. The van der Waals surface area contributed by atoms with Crippen LogP contribution >= 0.6 is 0 Å². The highest BCUT2D eigenvalue weighted by atomic mass is 16.6. The highest BCUT2D eigenvalue weighted by molar-refractivity contribution is 6.07. The van der Waals surface area contributed by atoms with E-state index >= 15 is 0 Å². The number of nitrogens with zero attached hydrogens (tertiary/aromatic N) is 1. The maximum Gasteiger partial charge on any atom is 0.426 e. The Labute approximate surface area is 173 Å². The van der Waals surface area contributed by atoms with Crippen molar-refractivity contribution in [1.29, 1.82) is 0 Å². The summed E-state index contributed by atoms with van der Waals surface area (Å²) in [4.78, 5) is 34.3. The van der Waals surface area contributed by atoms with E-state index in [2.05, 4.69) is 10.9 Å². The molecule has 0 unspecified atom stereocenters. The summed E-state index contributed by atoms with van der Waals surface area (Å²) in [6.45, 7) is 0.197. The molecule has 0 radical (unpaired) electrons. The molecule has 3 aromatic rings. The predicted molar refractivity (Wildman–Crippen MR) is 112 cm³/mol. The zero-order chi connectivity index (χ0) is 21.3. The number of nitro benzene ring substituents is 1. The average molecular weight is 407 g/mol. The zero-order valence-electron chi connectivity index (χ0n) is 16.2. The number of benzene rings is 3. The number of hydrogen-bond acceptors (Lipinski definition) is 5. The lowest BCUT2D eigenvalue weighted by molar-refractivity contribution is -0.384. The number of unbranched alkanes of at least 4 members (excludes halogenated alkanes) is 1. The normalized spacial score (nSPS) is 10.4. The van der Waals surface area contributed by atoms with Crippen LogP contribution in [0.1, 0.15) is 28.8 Å². The number of rotatable bonds is 7. The fraction of sp³-hybridized carbons (Fsp3) is 0.182. The summed E-state index contributed by atoms with van der Waals surface area (Å²) in [5.74, 6) is -0.429. The Hall–Kier alpha value is -3.94. The Balaban J connectivity index is 1.36. The van der Waals surface area contributed by atoms with E-state index in [0.29, 0.717) is 12.0 Å². The second-order valence-electron chi connectivity index (χ2n) is 6.62. The van der Waals surface area contributed by atoms with E-state index in [1.165, 1.54) is 12.1 Å². The second kappa shape index (κ2) is 10.0. The van der Waals surface area contributed by atoms with E-state index < -0.39 is 16.9 Å². The first-order valence-electron chi connectivity index (χ1n) is 9.49. The SMILES string of the molecule is O=C(NNC(=O)c1cccc2ccccc12)OCCCCc1ccc([N+](=O)[O-])cc1. The topological polar surface area (TPSA) is 111 Å². The van der Waals surface area contributed by atoms with E-state index in [0.717, 1.165) is 29.2 Å². The van der Waals surface area contributed by atoms with Crippen LogP contribution in [-0.4, -0.2) is 23.5 Å². The summed E-state index contributed by atoms with van der Waals surface area (Å²) >= 11 is 0. The van der Waals surface area contributed by atoms with Crippen molar-refractivity contribution >= 4 is 28.5 Å². The fourth-order valence-electron chi connectivity index (χ4n) is 3.02. The molecule has 30 heavy (non-hydrogen) atoms. The van der Waals surface area contributed by atoms with E-state index in [4.69, 9.17) is 4.74 Å². The standard InChI is InChI=1S/C22H21N3O5/c26-21(20-10-5-8-17-7-1-2-9-19(17)20)23-24-22(27)30-15-4-3-6-16-11-13-18(14-12-16)25(28)29/h1-2,5,7-14H,3-4,6,15H2,(H,23,26)(H,24,27). The van der Waals surface area contributed by atoms with Crippen molar-refractivity contribution < 1.29 is 19.2 Å². The van der Waals surface area contributed by atoms with Crippen LogP contribution in [0.3, 0.4) is 0 Å². The molecular weight excluding hydrogens is 386 g/mol. The zero-order valence-corrected chi connectivity index (χ0v) is 16.2. The molecule has 0 aliphatic carbocycles. The minimum Gasteiger partial charge on any atom is -0.448 e. The molecule has 0 spiro atoms. The molecule has 2 amide bonds. The van der Waals surface area contributed by atoms with Crippen LogP contribution in [0.5, 0.6) is 0 Å². The number of amides is 2. The van der Waals surface area contributed by atoms with E-state index in [9.17, 15) is 19.7 Å². The molecule has 0 atom stereocenters. The Bertz CT molecular complexity index is 1040. The number of carbonyl (C=O) groups excluding carboxylic acids is 2. The minimum atomic E-state index is -0.737. The number of non-ortho nitro benzene ring substituents is 1. The van der Waals surface area contributed by atoms with Crippen molar-refractivity contribution in [2.75, 3.05) is 6.61 Å². The quantitative estimate of drug-likeness (QED) is 0.347. The summed E-state index contributed by atoms with van der Waals surface area (Å²) in [5, 5.41) is 12.4. The highest BCUT2D eigenvalue weighted by Gasteiger charge is 2.11. The van der Waals surface area contributed by atoms with E-state index in [1.807, 2.05) is 30.3 Å². The van der Waals surface area contributed by atoms with E-state index in [-0.39, 0.29) is 12.3 Å². The number of ether oxygens (including phenoxy) is 1. The van der Waals surface area contributed by atoms with Gasteiger partial charge in [-0.15, -0.1) is 0 Å². The highest BCUT2D eigenvalue weighted by Crippen LogP contribution is 2.18. The molecule has 8 nitrogen and oxygen atoms in total. The van der Waals surface area contributed by atoms with Crippen molar-refractivity contribution in [3.8, 4) is 0 Å². The molecule has 0 aliphatic rings. The summed E-state index contributed by atoms with van der Waals surface area (Å²) in [6, 6.07) is 19.2. The first kappa shape index (κ1) is 20.8. The number of fused-ring (bicyclic) bond motifs is 1. The Morgan fingerprint density at radius 2 is 1.63 bits per heavy atom. The van der Waals surface area contributed by atoms with Gasteiger partial charge in [0.2, 0.25) is 0 Å². The van der Waals surface area contributed by atoms with Gasteiger partial charge in [0.1, 0.15) is 0 Å². The van der Waals surface area contributed by atoms with Crippen LogP contribution in [0.4, 0.5) is 10.5 Å². The van der Waals surface area contributed by atoms with Crippen molar-refractivity contribution in [2.24, 2.45) is 0 Å². The molecule has 2 N–H and O–H groups in total.